The predicted octanol–water partition coefficient (Wildman–Crippen LogP) is -2.02. The number of aldehydes is 1. The predicted molar refractivity (Wildman–Crippen MR) is 40.7 cm³/mol. The molecule has 1 amide bonds. The first kappa shape index (κ1) is 10.1. The highest BCUT2D eigenvalue weighted by Crippen LogP contribution is 1.78. The van der Waals surface area contributed by atoms with Crippen molar-refractivity contribution < 1.29 is 9.59 Å². The van der Waals surface area contributed by atoms with Gasteiger partial charge in [-0.15, -0.1) is 0 Å². The van der Waals surface area contributed by atoms with E-state index in [4.69, 9.17) is 11.5 Å². The standard InChI is InChI=1S/C6H13N3O2/c1-4(3-10)9-6(11)5(8)2-7/h3-5H,2,7-8H2,1H3,(H,9,11)/t4-,5+/m1/s1. The maximum atomic E-state index is 10.9. The molecule has 0 aliphatic heterocycles. The number of hydrogen-bond acceptors (Lipinski definition) is 4. The summed E-state index contributed by atoms with van der Waals surface area (Å²) in [4.78, 5) is 20.9. The Hall–Kier alpha value is -0.940. The van der Waals surface area contributed by atoms with Gasteiger partial charge < -0.3 is 21.6 Å². The van der Waals surface area contributed by atoms with Crippen LogP contribution in [0.5, 0.6) is 0 Å². The Morgan fingerprint density at radius 2 is 2.27 bits per heavy atom. The van der Waals surface area contributed by atoms with Crippen LogP contribution < -0.4 is 16.8 Å². The Labute approximate surface area is 65.1 Å². The lowest BCUT2D eigenvalue weighted by Gasteiger charge is -2.11. The molecule has 5 N–H and O–H groups in total. The summed E-state index contributed by atoms with van der Waals surface area (Å²) in [7, 11) is 0. The molecule has 0 fully saturated rings. The van der Waals surface area contributed by atoms with Crippen LogP contribution in [-0.4, -0.2) is 30.8 Å². The molecule has 0 unspecified atom stereocenters. The molecule has 0 saturated carbocycles. The van der Waals surface area contributed by atoms with Gasteiger partial charge in [-0.3, -0.25) is 4.79 Å². The smallest absolute Gasteiger partial charge is 0.238 e. The van der Waals surface area contributed by atoms with Crippen molar-refractivity contribution in [3.05, 3.63) is 0 Å². The summed E-state index contributed by atoms with van der Waals surface area (Å²) < 4.78 is 0. The molecule has 0 heterocycles. The molecule has 0 bridgehead atoms. The van der Waals surface area contributed by atoms with Gasteiger partial charge in [0, 0.05) is 6.54 Å². The fourth-order valence-corrected chi connectivity index (χ4v) is 0.472. The van der Waals surface area contributed by atoms with Gasteiger partial charge in [-0.1, -0.05) is 0 Å². The Bertz CT molecular complexity index is 149. The monoisotopic (exact) mass is 159 g/mol. The van der Waals surface area contributed by atoms with E-state index in [1.54, 1.807) is 6.92 Å². The Kier molecular flexibility index (Phi) is 4.40. The third-order valence-corrected chi connectivity index (χ3v) is 1.16. The van der Waals surface area contributed by atoms with Crippen LogP contribution >= 0.6 is 0 Å². The molecule has 0 rings (SSSR count). The molecule has 0 aromatic heterocycles. The van der Waals surface area contributed by atoms with Crippen molar-refractivity contribution in [1.29, 1.82) is 0 Å². The Morgan fingerprint density at radius 1 is 1.73 bits per heavy atom. The number of carbonyl (C=O) groups excluding carboxylic acids is 2. The second-order valence-corrected chi connectivity index (χ2v) is 2.28. The molecular formula is C6H13N3O2. The molecule has 64 valence electrons. The van der Waals surface area contributed by atoms with Crippen molar-refractivity contribution in [1.82, 2.24) is 5.32 Å². The number of nitrogens with two attached hydrogens (primary N) is 2. The number of amides is 1. The van der Waals surface area contributed by atoms with Crippen molar-refractivity contribution >= 4 is 12.2 Å². The van der Waals surface area contributed by atoms with Crippen LogP contribution in [0.3, 0.4) is 0 Å². The van der Waals surface area contributed by atoms with Crippen LogP contribution in [-0.2, 0) is 9.59 Å². The van der Waals surface area contributed by atoms with E-state index in [2.05, 4.69) is 5.32 Å². The van der Waals surface area contributed by atoms with E-state index in [0.29, 0.717) is 6.29 Å². The maximum absolute atomic E-state index is 10.9. The van der Waals surface area contributed by atoms with Gasteiger partial charge >= 0.3 is 0 Å². The minimum Gasteiger partial charge on any atom is -0.345 e. The summed E-state index contributed by atoms with van der Waals surface area (Å²) in [5.74, 6) is -0.396. The first-order valence-corrected chi connectivity index (χ1v) is 3.33. The van der Waals surface area contributed by atoms with Crippen molar-refractivity contribution in [2.24, 2.45) is 11.5 Å². The van der Waals surface area contributed by atoms with Crippen molar-refractivity contribution in [2.75, 3.05) is 6.54 Å². The summed E-state index contributed by atoms with van der Waals surface area (Å²) >= 11 is 0. The zero-order chi connectivity index (χ0) is 8.85. The first-order chi connectivity index (χ1) is 5.11. The zero-order valence-electron chi connectivity index (χ0n) is 6.41. The minimum absolute atomic E-state index is 0.0808. The van der Waals surface area contributed by atoms with Crippen LogP contribution in [0, 0.1) is 0 Å². The molecule has 0 radical (unpaired) electrons. The van der Waals surface area contributed by atoms with E-state index in [1.165, 1.54) is 0 Å². The van der Waals surface area contributed by atoms with Gasteiger partial charge in [0.2, 0.25) is 5.91 Å². The number of rotatable bonds is 4. The van der Waals surface area contributed by atoms with Gasteiger partial charge in [-0.2, -0.15) is 0 Å². The molecule has 0 aliphatic carbocycles. The average molecular weight is 159 g/mol. The summed E-state index contributed by atoms with van der Waals surface area (Å²) in [6, 6.07) is -1.22. The fourth-order valence-electron chi connectivity index (χ4n) is 0.472. The normalized spacial score (nSPS) is 15.2. The molecule has 0 saturated heterocycles. The number of carbonyl (C=O) groups is 2. The summed E-state index contributed by atoms with van der Waals surface area (Å²) in [5, 5.41) is 2.37. The van der Waals surface area contributed by atoms with Gasteiger partial charge in [-0.25, -0.2) is 0 Å². The highest BCUT2D eigenvalue weighted by atomic mass is 16.2. The molecule has 2 atom stereocenters. The quantitative estimate of drug-likeness (QED) is 0.412. The molecule has 0 aliphatic rings. The number of hydrogen-bond donors (Lipinski definition) is 3. The molecule has 11 heavy (non-hydrogen) atoms. The van der Waals surface area contributed by atoms with Crippen molar-refractivity contribution in [3.63, 3.8) is 0 Å². The number of nitrogens with one attached hydrogen (secondary N) is 1. The van der Waals surface area contributed by atoms with Crippen molar-refractivity contribution in [3.8, 4) is 0 Å². The van der Waals surface area contributed by atoms with E-state index in [0.717, 1.165) is 0 Å². The van der Waals surface area contributed by atoms with Gasteiger partial charge in [0.15, 0.2) is 0 Å². The summed E-state index contributed by atoms with van der Waals surface area (Å²) in [6.07, 6.45) is 0.626. The van der Waals surface area contributed by atoms with Crippen LogP contribution in [0.4, 0.5) is 0 Å². The fraction of sp³-hybridized carbons (Fsp3) is 0.667. The maximum Gasteiger partial charge on any atom is 0.238 e. The van der Waals surface area contributed by atoms with E-state index < -0.39 is 18.0 Å². The second-order valence-electron chi connectivity index (χ2n) is 2.28. The third kappa shape index (κ3) is 3.69. The van der Waals surface area contributed by atoms with Gasteiger partial charge in [-0.05, 0) is 6.92 Å². The lowest BCUT2D eigenvalue weighted by Crippen LogP contribution is -2.48. The van der Waals surface area contributed by atoms with Crippen LogP contribution in [0.1, 0.15) is 6.92 Å². The molecule has 5 heteroatoms. The van der Waals surface area contributed by atoms with E-state index in [9.17, 15) is 9.59 Å². The van der Waals surface area contributed by atoms with Crippen molar-refractivity contribution in [2.45, 2.75) is 19.0 Å². The first-order valence-electron chi connectivity index (χ1n) is 3.33. The van der Waals surface area contributed by atoms with Crippen LogP contribution in [0.25, 0.3) is 0 Å². The zero-order valence-corrected chi connectivity index (χ0v) is 6.41. The molecule has 5 nitrogen and oxygen atoms in total. The SMILES string of the molecule is C[C@H](C=O)NC(=O)[C@@H](N)CN. The average Bonchev–Trinajstić information content (AvgIpc) is 2.02. The van der Waals surface area contributed by atoms with Crippen LogP contribution in [0.2, 0.25) is 0 Å². The largest absolute Gasteiger partial charge is 0.345 e. The molecular weight excluding hydrogens is 146 g/mol. The summed E-state index contributed by atoms with van der Waals surface area (Å²) in [6.45, 7) is 1.64. The third-order valence-electron chi connectivity index (χ3n) is 1.16. The molecule has 0 spiro atoms. The highest BCUT2D eigenvalue weighted by Gasteiger charge is 2.12. The van der Waals surface area contributed by atoms with E-state index >= 15 is 0 Å². The van der Waals surface area contributed by atoms with Gasteiger partial charge in [0.1, 0.15) is 6.29 Å². The van der Waals surface area contributed by atoms with Gasteiger partial charge in [0.05, 0.1) is 12.1 Å². The lowest BCUT2D eigenvalue weighted by atomic mass is 10.2. The minimum atomic E-state index is -0.725. The Morgan fingerprint density at radius 3 is 2.64 bits per heavy atom. The highest BCUT2D eigenvalue weighted by molar-refractivity contribution is 5.84. The second kappa shape index (κ2) is 4.81. The Balaban J connectivity index is 3.76. The topological polar surface area (TPSA) is 98.2 Å². The van der Waals surface area contributed by atoms with E-state index in [1.807, 2.05) is 0 Å². The van der Waals surface area contributed by atoms with E-state index in [-0.39, 0.29) is 6.54 Å². The van der Waals surface area contributed by atoms with Gasteiger partial charge in [0.25, 0.3) is 0 Å². The summed E-state index contributed by atoms with van der Waals surface area (Å²) in [5.41, 5.74) is 10.4. The molecule has 0 aromatic carbocycles. The lowest BCUT2D eigenvalue weighted by molar-refractivity contribution is -0.124. The molecule has 0 aromatic rings. The van der Waals surface area contributed by atoms with Crippen LogP contribution in [0.15, 0.2) is 0 Å².